The van der Waals surface area contributed by atoms with Gasteiger partial charge in [0.2, 0.25) is 11.8 Å². The zero-order valence-corrected chi connectivity index (χ0v) is 16.8. The molecular formula is C23H24N4O2. The first kappa shape index (κ1) is 18.9. The van der Waals surface area contributed by atoms with Crippen LogP contribution < -0.4 is 5.32 Å². The van der Waals surface area contributed by atoms with Gasteiger partial charge in [-0.3, -0.25) is 9.59 Å². The summed E-state index contributed by atoms with van der Waals surface area (Å²) in [5, 5.41) is 3.91. The summed E-state index contributed by atoms with van der Waals surface area (Å²) in [4.78, 5) is 33.7. The molecule has 3 heterocycles. The Hall–Kier alpha value is -3.41. The number of rotatable bonds is 4. The Morgan fingerprint density at radius 3 is 2.90 bits per heavy atom. The summed E-state index contributed by atoms with van der Waals surface area (Å²) in [6.07, 6.45) is 6.15. The van der Waals surface area contributed by atoms with Gasteiger partial charge in [-0.15, -0.1) is 0 Å². The molecular weight excluding hydrogens is 364 g/mol. The van der Waals surface area contributed by atoms with Gasteiger partial charge in [0.05, 0.1) is 6.04 Å². The minimum atomic E-state index is -0.0757. The lowest BCUT2D eigenvalue weighted by Gasteiger charge is -2.24. The number of nitrogens with one attached hydrogen (secondary N) is 2. The lowest BCUT2D eigenvalue weighted by molar-refractivity contribution is -0.126. The lowest BCUT2D eigenvalue weighted by atomic mass is 10.0. The largest absolute Gasteiger partial charge is 0.358 e. The fourth-order valence-corrected chi connectivity index (χ4v) is 3.87. The van der Waals surface area contributed by atoms with Gasteiger partial charge >= 0.3 is 0 Å². The van der Waals surface area contributed by atoms with Crippen LogP contribution in [0.1, 0.15) is 41.8 Å². The Labute approximate surface area is 169 Å². The average molecular weight is 388 g/mol. The molecule has 0 spiro atoms. The first-order chi connectivity index (χ1) is 13.9. The van der Waals surface area contributed by atoms with Gasteiger partial charge in [-0.1, -0.05) is 18.2 Å². The van der Waals surface area contributed by atoms with Gasteiger partial charge in [0.1, 0.15) is 5.82 Å². The third-order valence-electron chi connectivity index (χ3n) is 5.58. The van der Waals surface area contributed by atoms with Crippen LogP contribution in [0, 0.1) is 6.92 Å². The van der Waals surface area contributed by atoms with Gasteiger partial charge in [-0.2, -0.15) is 0 Å². The smallest absolute Gasteiger partial charge is 0.246 e. The molecule has 0 aliphatic carbocycles. The third-order valence-corrected chi connectivity index (χ3v) is 5.58. The molecule has 2 aromatic heterocycles. The molecule has 0 radical (unpaired) electrons. The average Bonchev–Trinajstić information content (AvgIpc) is 3.06. The van der Waals surface area contributed by atoms with E-state index < -0.39 is 0 Å². The number of para-hydroxylation sites is 1. The van der Waals surface area contributed by atoms with Crippen LogP contribution in [0.3, 0.4) is 0 Å². The third kappa shape index (κ3) is 3.66. The molecule has 148 valence electrons. The minimum absolute atomic E-state index is 0.00773. The zero-order valence-electron chi connectivity index (χ0n) is 16.8. The van der Waals surface area contributed by atoms with Crippen LogP contribution in [0.15, 0.2) is 42.6 Å². The van der Waals surface area contributed by atoms with E-state index in [1.165, 1.54) is 0 Å². The van der Waals surface area contributed by atoms with Gasteiger partial charge in [0.15, 0.2) is 0 Å². The van der Waals surface area contributed by atoms with Gasteiger partial charge < -0.3 is 15.2 Å². The molecule has 1 unspecified atom stereocenters. The van der Waals surface area contributed by atoms with E-state index in [0.717, 1.165) is 33.3 Å². The molecule has 3 aromatic rings. The van der Waals surface area contributed by atoms with Crippen molar-refractivity contribution in [2.75, 3.05) is 12.4 Å². The van der Waals surface area contributed by atoms with Crippen LogP contribution in [0.4, 0.5) is 5.82 Å². The highest BCUT2D eigenvalue weighted by Gasteiger charge is 2.21. The van der Waals surface area contributed by atoms with E-state index in [0.29, 0.717) is 18.7 Å². The van der Waals surface area contributed by atoms with E-state index in [1.54, 1.807) is 23.2 Å². The second-order valence-corrected chi connectivity index (χ2v) is 7.49. The number of likely N-dealkylation sites (N-methyl/N-ethyl adjacent to an activating group) is 1. The van der Waals surface area contributed by atoms with E-state index >= 15 is 0 Å². The van der Waals surface area contributed by atoms with Crippen molar-refractivity contribution in [3.8, 4) is 0 Å². The first-order valence-electron chi connectivity index (χ1n) is 9.75. The number of H-pyrrole nitrogens is 1. The highest BCUT2D eigenvalue weighted by molar-refractivity contribution is 5.94. The lowest BCUT2D eigenvalue weighted by Crippen LogP contribution is -2.28. The van der Waals surface area contributed by atoms with Crippen LogP contribution in [-0.2, 0) is 16.0 Å². The number of anilines is 1. The van der Waals surface area contributed by atoms with Gasteiger partial charge in [0, 0.05) is 47.9 Å². The molecule has 6 nitrogen and oxygen atoms in total. The van der Waals surface area contributed by atoms with Crippen molar-refractivity contribution < 1.29 is 9.59 Å². The molecule has 0 bridgehead atoms. The Kier molecular flexibility index (Phi) is 4.92. The van der Waals surface area contributed by atoms with Crippen molar-refractivity contribution in [3.05, 3.63) is 65.0 Å². The second kappa shape index (κ2) is 7.54. The number of amides is 2. The Balaban J connectivity index is 1.52. The summed E-state index contributed by atoms with van der Waals surface area (Å²) in [5.74, 6) is 0.533. The van der Waals surface area contributed by atoms with Crippen LogP contribution in [-0.4, -0.2) is 33.7 Å². The maximum Gasteiger partial charge on any atom is 0.246 e. The number of aromatic amines is 1. The Morgan fingerprint density at radius 2 is 2.07 bits per heavy atom. The molecule has 0 fully saturated rings. The zero-order chi connectivity index (χ0) is 20.5. The molecule has 2 amide bonds. The minimum Gasteiger partial charge on any atom is -0.358 e. The van der Waals surface area contributed by atoms with Crippen LogP contribution in [0.25, 0.3) is 17.0 Å². The Morgan fingerprint density at radius 1 is 1.28 bits per heavy atom. The molecule has 0 saturated carbocycles. The van der Waals surface area contributed by atoms with Gasteiger partial charge in [0.25, 0.3) is 0 Å². The Bertz CT molecular complexity index is 1130. The monoisotopic (exact) mass is 388 g/mol. The van der Waals surface area contributed by atoms with E-state index in [4.69, 9.17) is 0 Å². The highest BCUT2D eigenvalue weighted by Crippen LogP contribution is 2.30. The molecule has 0 saturated heterocycles. The molecule has 1 aromatic carbocycles. The number of aryl methyl sites for hydroxylation is 2. The van der Waals surface area contributed by atoms with E-state index in [-0.39, 0.29) is 17.9 Å². The topological polar surface area (TPSA) is 78.1 Å². The molecule has 6 heteroatoms. The number of fused-ring (bicyclic) bond motifs is 2. The summed E-state index contributed by atoms with van der Waals surface area (Å²) in [6, 6.07) is 10.0. The summed E-state index contributed by atoms with van der Waals surface area (Å²) < 4.78 is 0. The SMILES string of the molecule is Cc1[nH]c2ccccc2c1C(C)N(C)C(=O)/C=C/c1cnc2c(c1)CCC(=O)N2. The van der Waals surface area contributed by atoms with Crippen molar-refractivity contribution in [3.63, 3.8) is 0 Å². The number of aromatic nitrogens is 2. The number of carbonyl (C=O) groups is 2. The van der Waals surface area contributed by atoms with E-state index in [1.807, 2.05) is 45.2 Å². The molecule has 29 heavy (non-hydrogen) atoms. The van der Waals surface area contributed by atoms with Crippen molar-refractivity contribution in [1.82, 2.24) is 14.9 Å². The number of hydrogen-bond donors (Lipinski definition) is 2. The van der Waals surface area contributed by atoms with Crippen LogP contribution >= 0.6 is 0 Å². The number of pyridine rings is 1. The maximum absolute atomic E-state index is 12.8. The summed E-state index contributed by atoms with van der Waals surface area (Å²) >= 11 is 0. The van der Waals surface area contributed by atoms with Crippen molar-refractivity contribution in [2.24, 2.45) is 0 Å². The number of benzene rings is 1. The van der Waals surface area contributed by atoms with Crippen molar-refractivity contribution in [1.29, 1.82) is 0 Å². The predicted octanol–water partition coefficient (Wildman–Crippen LogP) is 3.99. The van der Waals surface area contributed by atoms with E-state index in [2.05, 4.69) is 21.4 Å². The summed E-state index contributed by atoms with van der Waals surface area (Å²) in [6.45, 7) is 4.08. The summed E-state index contributed by atoms with van der Waals surface area (Å²) in [5.41, 5.74) is 5.13. The molecule has 1 atom stereocenters. The first-order valence-corrected chi connectivity index (χ1v) is 9.75. The molecule has 4 rings (SSSR count). The van der Waals surface area contributed by atoms with Crippen LogP contribution in [0.5, 0.6) is 0 Å². The van der Waals surface area contributed by atoms with Crippen molar-refractivity contribution >= 4 is 34.6 Å². The number of hydrogen-bond acceptors (Lipinski definition) is 3. The predicted molar refractivity (Wildman–Crippen MR) is 114 cm³/mol. The van der Waals surface area contributed by atoms with Gasteiger partial charge in [-0.25, -0.2) is 4.98 Å². The quantitative estimate of drug-likeness (QED) is 0.664. The molecule has 2 N–H and O–H groups in total. The highest BCUT2D eigenvalue weighted by atomic mass is 16.2. The summed E-state index contributed by atoms with van der Waals surface area (Å²) in [7, 11) is 1.82. The maximum atomic E-state index is 12.8. The number of carbonyl (C=O) groups excluding carboxylic acids is 2. The fourth-order valence-electron chi connectivity index (χ4n) is 3.87. The van der Waals surface area contributed by atoms with Crippen LogP contribution in [0.2, 0.25) is 0 Å². The van der Waals surface area contributed by atoms with Gasteiger partial charge in [-0.05, 0) is 49.6 Å². The van der Waals surface area contributed by atoms with Crippen molar-refractivity contribution in [2.45, 2.75) is 32.7 Å². The standard InChI is InChI=1S/C23H24N4O2/c1-14-22(18-6-4-5-7-19(18)25-14)15(2)27(3)21(29)11-8-16-12-17-9-10-20(28)26-23(17)24-13-16/h4-8,11-13,15,25H,9-10H2,1-3H3,(H,24,26,28)/b11-8+. The van der Waals surface area contributed by atoms with E-state index in [9.17, 15) is 9.59 Å². The number of nitrogens with zero attached hydrogens (tertiary/aromatic N) is 2. The molecule has 1 aliphatic rings. The molecule has 1 aliphatic heterocycles. The normalized spacial score (nSPS) is 14.7. The fraction of sp³-hybridized carbons (Fsp3) is 0.261. The second-order valence-electron chi connectivity index (χ2n) is 7.49.